The Morgan fingerprint density at radius 2 is 2.15 bits per heavy atom. The summed E-state index contributed by atoms with van der Waals surface area (Å²) in [6.07, 6.45) is 13.5. The molecule has 2 N–H and O–H groups in total. The van der Waals surface area contributed by atoms with Crippen LogP contribution < -0.4 is 10.6 Å². The van der Waals surface area contributed by atoms with E-state index in [-0.39, 0.29) is 5.91 Å². The maximum Gasteiger partial charge on any atom is 0.251 e. The van der Waals surface area contributed by atoms with Gasteiger partial charge in [0.1, 0.15) is 5.82 Å². The van der Waals surface area contributed by atoms with Crippen LogP contribution in [0, 0.1) is 6.92 Å². The van der Waals surface area contributed by atoms with Gasteiger partial charge in [0.15, 0.2) is 5.13 Å². The molecular formula is C24H22N6O2S. The fourth-order valence-corrected chi connectivity index (χ4v) is 4.61. The lowest BCUT2D eigenvalue weighted by molar-refractivity contribution is -0.111. The molecule has 1 aliphatic carbocycles. The van der Waals surface area contributed by atoms with Crippen LogP contribution >= 0.6 is 11.3 Å². The van der Waals surface area contributed by atoms with Gasteiger partial charge in [-0.15, -0.1) is 0 Å². The van der Waals surface area contributed by atoms with E-state index in [2.05, 4.69) is 36.8 Å². The van der Waals surface area contributed by atoms with Crippen molar-refractivity contribution in [1.29, 1.82) is 0 Å². The first-order valence-electron chi connectivity index (χ1n) is 10.7. The summed E-state index contributed by atoms with van der Waals surface area (Å²) in [5, 5.41) is 12.4. The number of hydrogen-bond acceptors (Lipinski definition) is 8. The summed E-state index contributed by atoms with van der Waals surface area (Å²) in [5.41, 5.74) is 2.15. The normalized spacial score (nSPS) is 13.9. The first-order valence-corrected chi connectivity index (χ1v) is 11.6. The number of anilines is 2. The van der Waals surface area contributed by atoms with Gasteiger partial charge >= 0.3 is 0 Å². The number of benzene rings is 1. The second-order valence-electron chi connectivity index (χ2n) is 7.70. The van der Waals surface area contributed by atoms with Crippen LogP contribution in [-0.4, -0.2) is 26.0 Å². The highest BCUT2D eigenvalue weighted by Crippen LogP contribution is 2.32. The first-order chi connectivity index (χ1) is 16.2. The van der Waals surface area contributed by atoms with E-state index < -0.39 is 0 Å². The average Bonchev–Trinajstić information content (AvgIpc) is 3.49. The molecule has 0 radical (unpaired) electrons. The van der Waals surface area contributed by atoms with Crippen molar-refractivity contribution in [3.63, 3.8) is 0 Å². The molecule has 8 nitrogen and oxygen atoms in total. The van der Waals surface area contributed by atoms with Crippen LogP contribution in [0.3, 0.4) is 0 Å². The smallest absolute Gasteiger partial charge is 0.251 e. The summed E-state index contributed by atoms with van der Waals surface area (Å²) < 4.78 is 5.08. The highest BCUT2D eigenvalue weighted by atomic mass is 32.1. The van der Waals surface area contributed by atoms with Crippen molar-refractivity contribution >= 4 is 44.5 Å². The number of hydrogen-bond donors (Lipinski definition) is 2. The van der Waals surface area contributed by atoms with E-state index in [0.717, 1.165) is 34.1 Å². The summed E-state index contributed by atoms with van der Waals surface area (Å²) in [6, 6.07) is 7.77. The fourth-order valence-electron chi connectivity index (χ4n) is 3.72. The Bertz CT molecular complexity index is 1370. The van der Waals surface area contributed by atoms with Crippen molar-refractivity contribution in [3.05, 3.63) is 65.8 Å². The molecule has 1 aliphatic rings. The summed E-state index contributed by atoms with van der Waals surface area (Å²) in [5.74, 6) is 1.39. The minimum Gasteiger partial charge on any atom is -0.346 e. The highest BCUT2D eigenvalue weighted by Gasteiger charge is 2.11. The summed E-state index contributed by atoms with van der Waals surface area (Å²) in [4.78, 5) is 26.5. The number of carbonyl (C=O) groups is 1. The summed E-state index contributed by atoms with van der Waals surface area (Å²) >= 11 is 1.50. The van der Waals surface area contributed by atoms with Gasteiger partial charge in [0.2, 0.25) is 11.7 Å². The van der Waals surface area contributed by atoms with Gasteiger partial charge in [-0.3, -0.25) is 10.1 Å². The minimum atomic E-state index is -0.260. The van der Waals surface area contributed by atoms with Crippen molar-refractivity contribution in [3.8, 4) is 11.4 Å². The zero-order valence-electron chi connectivity index (χ0n) is 18.0. The number of aryl methyl sites for hydroxylation is 1. The maximum absolute atomic E-state index is 12.4. The number of allylic oxidation sites excluding steroid dienone is 2. The molecule has 0 saturated heterocycles. The van der Waals surface area contributed by atoms with Crippen molar-refractivity contribution in [2.45, 2.75) is 32.6 Å². The summed E-state index contributed by atoms with van der Waals surface area (Å²) in [7, 11) is 0. The molecular weight excluding hydrogens is 436 g/mol. The van der Waals surface area contributed by atoms with E-state index in [1.807, 2.05) is 30.5 Å². The number of nitrogens with zero attached hydrogens (tertiary/aromatic N) is 4. The first kappa shape index (κ1) is 21.0. The maximum atomic E-state index is 12.4. The Morgan fingerprint density at radius 1 is 1.21 bits per heavy atom. The largest absolute Gasteiger partial charge is 0.346 e. The molecule has 9 heteroatoms. The van der Waals surface area contributed by atoms with E-state index in [4.69, 9.17) is 4.52 Å². The molecule has 5 rings (SSSR count). The average molecular weight is 459 g/mol. The highest BCUT2D eigenvalue weighted by molar-refractivity contribution is 7.16. The van der Waals surface area contributed by atoms with E-state index in [9.17, 15) is 4.79 Å². The lowest BCUT2D eigenvalue weighted by Crippen LogP contribution is -2.08. The van der Waals surface area contributed by atoms with Gasteiger partial charge in [0.05, 0.1) is 4.88 Å². The molecule has 0 fully saturated rings. The molecule has 33 heavy (non-hydrogen) atoms. The second kappa shape index (κ2) is 9.33. The fraction of sp³-hybridized carbons (Fsp3) is 0.208. The van der Waals surface area contributed by atoms with Crippen molar-refractivity contribution in [1.82, 2.24) is 20.1 Å². The number of carbonyl (C=O) groups excluding carboxylic acids is 1. The van der Waals surface area contributed by atoms with Crippen LogP contribution in [0.2, 0.25) is 0 Å². The van der Waals surface area contributed by atoms with Crippen LogP contribution in [-0.2, 0) is 4.79 Å². The number of aromatic nitrogens is 4. The quantitative estimate of drug-likeness (QED) is 0.364. The number of nitrogens with one attached hydrogen (secondary N) is 2. The van der Waals surface area contributed by atoms with Crippen LogP contribution in [0.4, 0.5) is 10.9 Å². The Kier molecular flexibility index (Phi) is 5.95. The third kappa shape index (κ3) is 4.83. The Labute approximate surface area is 194 Å². The zero-order valence-corrected chi connectivity index (χ0v) is 18.9. The van der Waals surface area contributed by atoms with E-state index in [1.165, 1.54) is 35.8 Å². The molecule has 0 saturated carbocycles. The molecule has 0 bridgehead atoms. The number of thiazole rings is 1. The van der Waals surface area contributed by atoms with E-state index >= 15 is 0 Å². The minimum absolute atomic E-state index is 0.260. The van der Waals surface area contributed by atoms with Gasteiger partial charge < -0.3 is 9.84 Å². The Morgan fingerprint density at radius 3 is 2.97 bits per heavy atom. The monoisotopic (exact) mass is 458 g/mol. The zero-order chi connectivity index (χ0) is 22.6. The van der Waals surface area contributed by atoms with Crippen LogP contribution in [0.1, 0.15) is 36.5 Å². The molecule has 0 unspecified atom stereocenters. The predicted molar refractivity (Wildman–Crippen MR) is 130 cm³/mol. The van der Waals surface area contributed by atoms with Crippen LogP contribution in [0.5, 0.6) is 0 Å². The van der Waals surface area contributed by atoms with Gasteiger partial charge in [-0.25, -0.2) is 9.97 Å². The second-order valence-corrected chi connectivity index (χ2v) is 8.73. The van der Waals surface area contributed by atoms with Crippen LogP contribution in [0.15, 0.2) is 59.5 Å². The molecule has 166 valence electrons. The molecule has 3 heterocycles. The SMILES string of the molecule is Cc1nc(-c2ccc3ccnc(NC=CC(=O)Nc4ncc(C5=CCCCC5)s4)c3c2)no1. The Balaban J connectivity index is 1.27. The van der Waals surface area contributed by atoms with Gasteiger partial charge in [-0.2, -0.15) is 4.98 Å². The molecule has 1 amide bonds. The molecule has 0 aliphatic heterocycles. The molecule has 0 atom stereocenters. The Hall–Kier alpha value is -3.85. The van der Waals surface area contributed by atoms with E-state index in [0.29, 0.717) is 22.7 Å². The van der Waals surface area contributed by atoms with Gasteiger partial charge in [-0.1, -0.05) is 34.7 Å². The molecule has 3 aromatic heterocycles. The van der Waals surface area contributed by atoms with Gasteiger partial charge in [-0.05, 0) is 48.8 Å². The third-order valence-electron chi connectivity index (χ3n) is 5.35. The van der Waals surface area contributed by atoms with Crippen molar-refractivity contribution in [2.24, 2.45) is 0 Å². The summed E-state index contributed by atoms with van der Waals surface area (Å²) in [6.45, 7) is 1.75. The standard InChI is InChI=1S/C24H22N6O2S/c1-15-28-22(30-32-15)18-8-7-16-9-11-25-23(19(16)13-18)26-12-10-21(31)29-24-27-14-20(33-24)17-5-3-2-4-6-17/h5,7-14H,2-4,6H2,1H3,(H,25,26)(H,27,29,31). The lowest BCUT2D eigenvalue weighted by atomic mass is 9.99. The van der Waals surface area contributed by atoms with Crippen molar-refractivity contribution in [2.75, 3.05) is 10.6 Å². The van der Waals surface area contributed by atoms with Crippen molar-refractivity contribution < 1.29 is 9.32 Å². The molecule has 0 spiro atoms. The third-order valence-corrected chi connectivity index (χ3v) is 6.34. The predicted octanol–water partition coefficient (Wildman–Crippen LogP) is 5.57. The van der Waals surface area contributed by atoms with E-state index in [1.54, 1.807) is 19.3 Å². The number of fused-ring (bicyclic) bond motifs is 1. The molecule has 1 aromatic carbocycles. The topological polar surface area (TPSA) is 106 Å². The lowest BCUT2D eigenvalue weighted by Gasteiger charge is -2.09. The number of pyridine rings is 1. The number of amides is 1. The van der Waals surface area contributed by atoms with Gasteiger partial charge in [0, 0.05) is 42.5 Å². The molecule has 4 aromatic rings. The number of rotatable bonds is 6. The van der Waals surface area contributed by atoms with Crippen LogP contribution in [0.25, 0.3) is 27.7 Å². The van der Waals surface area contributed by atoms with Gasteiger partial charge in [0.25, 0.3) is 5.91 Å².